The summed E-state index contributed by atoms with van der Waals surface area (Å²) in [5.74, 6) is -0.332. The molecule has 0 aliphatic rings. The molecular weight excluding hydrogens is 440 g/mol. The Morgan fingerprint density at radius 3 is 2.40 bits per heavy atom. The van der Waals surface area contributed by atoms with E-state index in [0.29, 0.717) is 15.6 Å². The van der Waals surface area contributed by atoms with Crippen LogP contribution in [-0.2, 0) is 10.0 Å². The lowest BCUT2D eigenvalue weighted by Gasteiger charge is -2.10. The molecule has 0 saturated heterocycles. The summed E-state index contributed by atoms with van der Waals surface area (Å²) in [7, 11) is -3.58. The van der Waals surface area contributed by atoms with E-state index in [0.717, 1.165) is 20.9 Å². The van der Waals surface area contributed by atoms with Gasteiger partial charge in [-0.05, 0) is 55.0 Å². The Kier molecular flexibility index (Phi) is 5.55. The number of halogens is 1. The van der Waals surface area contributed by atoms with Crippen LogP contribution in [0.15, 0.2) is 65.6 Å². The van der Waals surface area contributed by atoms with E-state index in [4.69, 9.17) is 11.6 Å². The van der Waals surface area contributed by atoms with Gasteiger partial charge in [-0.25, -0.2) is 13.1 Å². The molecule has 154 valence electrons. The summed E-state index contributed by atoms with van der Waals surface area (Å²) in [5.41, 5.74) is 0.488. The first-order valence-corrected chi connectivity index (χ1v) is 12.0. The molecule has 0 unspecified atom stereocenters. The minimum Gasteiger partial charge on any atom is -0.321 e. The van der Waals surface area contributed by atoms with Crippen LogP contribution in [0.2, 0.25) is 5.02 Å². The monoisotopic (exact) mass is 458 g/mol. The van der Waals surface area contributed by atoms with Gasteiger partial charge in [0.15, 0.2) is 0 Å². The van der Waals surface area contributed by atoms with E-state index in [-0.39, 0.29) is 16.8 Å². The minimum atomic E-state index is -3.58. The van der Waals surface area contributed by atoms with Gasteiger partial charge in [-0.15, -0.1) is 11.3 Å². The molecule has 1 aromatic heterocycles. The standard InChI is InChI=1S/C22H19ClN2O3S2/c1-13(2)25-30(27,28)16-10-8-15(9-11-16)24-22(26)21-20(23)19-17-6-4-3-5-14(17)7-12-18(19)29-21/h3-13,25H,1-2H3,(H,24,26). The first-order valence-electron chi connectivity index (χ1n) is 9.30. The number of hydrogen-bond donors (Lipinski definition) is 2. The van der Waals surface area contributed by atoms with Crippen LogP contribution in [-0.4, -0.2) is 20.4 Å². The molecule has 0 saturated carbocycles. The van der Waals surface area contributed by atoms with Gasteiger partial charge in [-0.1, -0.05) is 41.9 Å². The summed E-state index contributed by atoms with van der Waals surface area (Å²) in [6.07, 6.45) is 0. The summed E-state index contributed by atoms with van der Waals surface area (Å²) in [4.78, 5) is 13.4. The quantitative estimate of drug-likeness (QED) is 0.406. The molecule has 1 amide bonds. The lowest BCUT2D eigenvalue weighted by Crippen LogP contribution is -2.30. The second-order valence-corrected chi connectivity index (χ2v) is 10.3. The zero-order valence-corrected chi connectivity index (χ0v) is 18.7. The van der Waals surface area contributed by atoms with E-state index < -0.39 is 10.0 Å². The van der Waals surface area contributed by atoms with Crippen LogP contribution in [0, 0.1) is 0 Å². The molecule has 0 aliphatic carbocycles. The van der Waals surface area contributed by atoms with Crippen LogP contribution in [0.25, 0.3) is 20.9 Å². The topological polar surface area (TPSA) is 75.3 Å². The highest BCUT2D eigenvalue weighted by Gasteiger charge is 2.20. The number of carbonyl (C=O) groups excluding carboxylic acids is 1. The van der Waals surface area contributed by atoms with E-state index in [1.54, 1.807) is 26.0 Å². The highest BCUT2D eigenvalue weighted by Crippen LogP contribution is 2.40. The van der Waals surface area contributed by atoms with Gasteiger partial charge in [0.25, 0.3) is 5.91 Å². The first kappa shape index (κ1) is 20.8. The van der Waals surface area contributed by atoms with Crippen molar-refractivity contribution in [3.63, 3.8) is 0 Å². The first-order chi connectivity index (χ1) is 14.3. The maximum Gasteiger partial charge on any atom is 0.267 e. The zero-order chi connectivity index (χ0) is 21.5. The summed E-state index contributed by atoms with van der Waals surface area (Å²) in [6.45, 7) is 3.51. The number of sulfonamides is 1. The lowest BCUT2D eigenvalue weighted by molar-refractivity contribution is 0.103. The molecule has 2 N–H and O–H groups in total. The van der Waals surface area contributed by atoms with Crippen LogP contribution < -0.4 is 10.0 Å². The number of thiophene rings is 1. The van der Waals surface area contributed by atoms with Crippen LogP contribution in [0.3, 0.4) is 0 Å². The third kappa shape index (κ3) is 3.94. The molecule has 4 rings (SSSR count). The Morgan fingerprint density at radius 1 is 1.00 bits per heavy atom. The highest BCUT2D eigenvalue weighted by atomic mass is 35.5. The molecule has 3 aromatic carbocycles. The Morgan fingerprint density at radius 2 is 1.70 bits per heavy atom. The van der Waals surface area contributed by atoms with Crippen LogP contribution >= 0.6 is 22.9 Å². The van der Waals surface area contributed by atoms with E-state index in [1.165, 1.54) is 23.5 Å². The smallest absolute Gasteiger partial charge is 0.267 e. The SMILES string of the molecule is CC(C)NS(=O)(=O)c1ccc(NC(=O)c2sc3ccc4ccccc4c3c2Cl)cc1. The van der Waals surface area contributed by atoms with Crippen molar-refractivity contribution in [2.24, 2.45) is 0 Å². The lowest BCUT2D eigenvalue weighted by atomic mass is 10.1. The molecule has 8 heteroatoms. The van der Waals surface area contributed by atoms with Gasteiger partial charge in [0.1, 0.15) is 4.88 Å². The summed E-state index contributed by atoms with van der Waals surface area (Å²) in [5, 5.41) is 6.15. The predicted molar refractivity (Wildman–Crippen MR) is 124 cm³/mol. The van der Waals surface area contributed by atoms with Crippen molar-refractivity contribution in [3.8, 4) is 0 Å². The molecule has 4 aromatic rings. The summed E-state index contributed by atoms with van der Waals surface area (Å²) in [6, 6.07) is 17.7. The normalized spacial score (nSPS) is 12.0. The maximum absolute atomic E-state index is 12.9. The molecule has 0 spiro atoms. The molecule has 0 atom stereocenters. The molecule has 30 heavy (non-hydrogen) atoms. The third-order valence-corrected chi connectivity index (χ3v) is 7.86. The number of carbonyl (C=O) groups is 1. The van der Waals surface area contributed by atoms with Crippen LogP contribution in [0.4, 0.5) is 5.69 Å². The van der Waals surface area contributed by atoms with Gasteiger partial charge < -0.3 is 5.32 Å². The van der Waals surface area contributed by atoms with Gasteiger partial charge in [0.05, 0.1) is 9.92 Å². The van der Waals surface area contributed by atoms with E-state index in [2.05, 4.69) is 10.0 Å². The van der Waals surface area contributed by atoms with Crippen molar-refractivity contribution >= 4 is 65.4 Å². The minimum absolute atomic E-state index is 0.139. The van der Waals surface area contributed by atoms with Gasteiger partial charge in [0.2, 0.25) is 10.0 Å². The second-order valence-electron chi connectivity index (χ2n) is 7.16. The third-order valence-electron chi connectivity index (χ3n) is 4.54. The van der Waals surface area contributed by atoms with Crippen LogP contribution in [0.5, 0.6) is 0 Å². The summed E-state index contributed by atoms with van der Waals surface area (Å²) >= 11 is 7.92. The fourth-order valence-electron chi connectivity index (χ4n) is 3.26. The van der Waals surface area contributed by atoms with Crippen LogP contribution in [0.1, 0.15) is 23.5 Å². The molecule has 5 nitrogen and oxygen atoms in total. The second kappa shape index (κ2) is 8.00. The van der Waals surface area contributed by atoms with E-state index in [1.807, 2.05) is 36.4 Å². The van der Waals surface area contributed by atoms with Crippen molar-refractivity contribution in [2.45, 2.75) is 24.8 Å². The number of benzene rings is 3. The van der Waals surface area contributed by atoms with Crippen molar-refractivity contribution in [3.05, 3.63) is 70.6 Å². The molecule has 0 aliphatic heterocycles. The van der Waals surface area contributed by atoms with Crippen molar-refractivity contribution in [1.82, 2.24) is 4.72 Å². The fraction of sp³-hybridized carbons (Fsp3) is 0.136. The van der Waals surface area contributed by atoms with Gasteiger partial charge >= 0.3 is 0 Å². The Labute approximate surface area is 183 Å². The van der Waals surface area contributed by atoms with Crippen molar-refractivity contribution in [1.29, 1.82) is 0 Å². The van der Waals surface area contributed by atoms with Crippen molar-refractivity contribution in [2.75, 3.05) is 5.32 Å². The van der Waals surface area contributed by atoms with Gasteiger partial charge in [0, 0.05) is 21.8 Å². The van der Waals surface area contributed by atoms with E-state index in [9.17, 15) is 13.2 Å². The van der Waals surface area contributed by atoms with Gasteiger partial charge in [-0.2, -0.15) is 0 Å². The Balaban J connectivity index is 1.62. The van der Waals surface area contributed by atoms with E-state index >= 15 is 0 Å². The number of rotatable bonds is 5. The predicted octanol–water partition coefficient (Wildman–Crippen LogP) is 5.65. The number of anilines is 1. The molecule has 0 fully saturated rings. The number of fused-ring (bicyclic) bond motifs is 3. The highest BCUT2D eigenvalue weighted by molar-refractivity contribution is 7.89. The number of hydrogen-bond acceptors (Lipinski definition) is 4. The van der Waals surface area contributed by atoms with Crippen molar-refractivity contribution < 1.29 is 13.2 Å². The molecule has 0 bridgehead atoms. The fourth-order valence-corrected chi connectivity index (χ4v) is 5.98. The molecular formula is C22H19ClN2O3S2. The molecule has 0 radical (unpaired) electrons. The molecule has 1 heterocycles. The average Bonchev–Trinajstić information content (AvgIpc) is 3.05. The van der Waals surface area contributed by atoms with Gasteiger partial charge in [-0.3, -0.25) is 4.79 Å². The zero-order valence-electron chi connectivity index (χ0n) is 16.3. The Bertz CT molecular complexity index is 1360. The summed E-state index contributed by atoms with van der Waals surface area (Å²) < 4.78 is 27.9. The maximum atomic E-state index is 12.9. The number of nitrogens with one attached hydrogen (secondary N) is 2. The Hall–Kier alpha value is -2.45. The average molecular weight is 459 g/mol. The largest absolute Gasteiger partial charge is 0.321 e. The number of amides is 1.